The van der Waals surface area contributed by atoms with Crippen LogP contribution in [0.1, 0.15) is 5.56 Å². The summed E-state index contributed by atoms with van der Waals surface area (Å²) < 4.78 is 27.6. The Kier molecular flexibility index (Phi) is 7.11. The third-order valence-corrected chi connectivity index (χ3v) is 7.09. The summed E-state index contributed by atoms with van der Waals surface area (Å²) >= 11 is 3.28. The SMILES string of the molecule is Cc1cccc(NC(=O)NCC(=O)N2CCN(S(=O)(=O)c3cccc(Br)c3)CC2)c1. The molecule has 0 aromatic heterocycles. The highest BCUT2D eigenvalue weighted by Crippen LogP contribution is 2.21. The first kappa shape index (κ1) is 22.3. The predicted molar refractivity (Wildman–Crippen MR) is 118 cm³/mol. The van der Waals surface area contributed by atoms with Gasteiger partial charge in [0.25, 0.3) is 0 Å². The van der Waals surface area contributed by atoms with Crippen LogP contribution in [0.25, 0.3) is 0 Å². The molecule has 0 radical (unpaired) electrons. The van der Waals surface area contributed by atoms with Crippen LogP contribution in [0.15, 0.2) is 57.9 Å². The van der Waals surface area contributed by atoms with E-state index in [0.29, 0.717) is 10.2 Å². The fourth-order valence-corrected chi connectivity index (χ4v) is 5.14. The number of nitrogens with one attached hydrogen (secondary N) is 2. The maximum absolute atomic E-state index is 12.8. The van der Waals surface area contributed by atoms with Crippen molar-refractivity contribution in [2.24, 2.45) is 0 Å². The smallest absolute Gasteiger partial charge is 0.319 e. The van der Waals surface area contributed by atoms with Crippen LogP contribution in [0, 0.1) is 6.92 Å². The van der Waals surface area contributed by atoms with E-state index in [-0.39, 0.29) is 43.5 Å². The van der Waals surface area contributed by atoms with Crippen LogP contribution in [0.3, 0.4) is 0 Å². The minimum absolute atomic E-state index is 0.157. The average Bonchev–Trinajstić information content (AvgIpc) is 2.72. The molecule has 0 saturated carbocycles. The summed E-state index contributed by atoms with van der Waals surface area (Å²) in [6.45, 7) is 2.71. The Morgan fingerprint density at radius 3 is 2.40 bits per heavy atom. The van der Waals surface area contributed by atoms with Gasteiger partial charge in [-0.3, -0.25) is 4.79 Å². The van der Waals surface area contributed by atoms with Gasteiger partial charge >= 0.3 is 6.03 Å². The van der Waals surface area contributed by atoms with Gasteiger partial charge in [-0.15, -0.1) is 0 Å². The Labute approximate surface area is 184 Å². The standard InChI is InChI=1S/C20H23BrN4O4S/c1-15-4-2-6-17(12-15)23-20(27)22-14-19(26)24-8-10-25(11-9-24)30(28,29)18-7-3-5-16(21)13-18/h2-7,12-13H,8-11,14H2,1H3,(H2,22,23,27). The lowest BCUT2D eigenvalue weighted by Crippen LogP contribution is -2.52. The fraction of sp³-hybridized carbons (Fsp3) is 0.300. The van der Waals surface area contributed by atoms with Gasteiger partial charge in [-0.25, -0.2) is 13.2 Å². The van der Waals surface area contributed by atoms with Gasteiger partial charge in [0.1, 0.15) is 0 Å². The first-order valence-corrected chi connectivity index (χ1v) is 11.6. The van der Waals surface area contributed by atoms with Gasteiger partial charge in [0.2, 0.25) is 15.9 Å². The second kappa shape index (κ2) is 9.59. The van der Waals surface area contributed by atoms with Crippen LogP contribution < -0.4 is 10.6 Å². The van der Waals surface area contributed by atoms with Gasteiger partial charge in [-0.1, -0.05) is 34.1 Å². The maximum atomic E-state index is 12.8. The van der Waals surface area contributed by atoms with Gasteiger partial charge < -0.3 is 15.5 Å². The van der Waals surface area contributed by atoms with Crippen LogP contribution in [-0.4, -0.2) is 62.3 Å². The molecule has 3 amide bonds. The van der Waals surface area contributed by atoms with E-state index < -0.39 is 16.1 Å². The van der Waals surface area contributed by atoms with Crippen molar-refractivity contribution in [2.75, 3.05) is 38.0 Å². The number of rotatable bonds is 5. The molecular formula is C20H23BrN4O4S. The minimum Gasteiger partial charge on any atom is -0.339 e. The quantitative estimate of drug-likeness (QED) is 0.666. The molecule has 1 aliphatic heterocycles. The molecule has 1 saturated heterocycles. The second-order valence-corrected chi connectivity index (χ2v) is 9.77. The first-order chi connectivity index (χ1) is 14.3. The predicted octanol–water partition coefficient (Wildman–Crippen LogP) is 2.41. The number of nitrogens with zero attached hydrogens (tertiary/aromatic N) is 2. The molecule has 1 heterocycles. The summed E-state index contributed by atoms with van der Waals surface area (Å²) in [5.74, 6) is -0.256. The largest absolute Gasteiger partial charge is 0.339 e. The molecule has 160 valence electrons. The van der Waals surface area contributed by atoms with Crippen LogP contribution in [0.5, 0.6) is 0 Å². The van der Waals surface area contributed by atoms with E-state index in [0.717, 1.165) is 5.56 Å². The number of hydrogen-bond donors (Lipinski definition) is 2. The number of halogens is 1. The molecule has 0 unspecified atom stereocenters. The van der Waals surface area contributed by atoms with E-state index in [2.05, 4.69) is 26.6 Å². The third-order valence-electron chi connectivity index (χ3n) is 4.70. The molecule has 0 bridgehead atoms. The number of piperazine rings is 1. The van der Waals surface area contributed by atoms with Crippen LogP contribution in [0.2, 0.25) is 0 Å². The zero-order valence-electron chi connectivity index (χ0n) is 16.5. The van der Waals surface area contributed by atoms with E-state index in [1.165, 1.54) is 4.31 Å². The number of anilines is 1. The van der Waals surface area contributed by atoms with Crippen molar-refractivity contribution in [3.63, 3.8) is 0 Å². The summed E-state index contributed by atoms with van der Waals surface area (Å²) in [5.41, 5.74) is 1.66. The van der Waals surface area contributed by atoms with E-state index in [4.69, 9.17) is 0 Å². The Balaban J connectivity index is 1.48. The van der Waals surface area contributed by atoms with Crippen molar-refractivity contribution in [3.8, 4) is 0 Å². The molecule has 8 nitrogen and oxygen atoms in total. The zero-order valence-corrected chi connectivity index (χ0v) is 18.9. The maximum Gasteiger partial charge on any atom is 0.319 e. The molecule has 0 aliphatic carbocycles. The Morgan fingerprint density at radius 1 is 1.03 bits per heavy atom. The number of carbonyl (C=O) groups excluding carboxylic acids is 2. The van der Waals surface area contributed by atoms with Crippen LogP contribution in [-0.2, 0) is 14.8 Å². The Bertz CT molecular complexity index is 1040. The highest BCUT2D eigenvalue weighted by atomic mass is 79.9. The molecule has 2 aromatic carbocycles. The van der Waals surface area contributed by atoms with Gasteiger partial charge in [0, 0.05) is 36.3 Å². The molecule has 0 atom stereocenters. The van der Waals surface area contributed by atoms with Gasteiger partial charge in [0.15, 0.2) is 0 Å². The third kappa shape index (κ3) is 5.59. The summed E-state index contributed by atoms with van der Waals surface area (Å²) in [6.07, 6.45) is 0. The molecule has 1 fully saturated rings. The molecule has 1 aliphatic rings. The average molecular weight is 495 g/mol. The van der Waals surface area contributed by atoms with Gasteiger partial charge in [0.05, 0.1) is 11.4 Å². The van der Waals surface area contributed by atoms with E-state index in [1.54, 1.807) is 35.2 Å². The number of sulfonamides is 1. The zero-order chi connectivity index (χ0) is 21.7. The minimum atomic E-state index is -3.61. The fourth-order valence-electron chi connectivity index (χ4n) is 3.12. The van der Waals surface area contributed by atoms with Crippen molar-refractivity contribution in [1.82, 2.24) is 14.5 Å². The van der Waals surface area contributed by atoms with E-state index in [9.17, 15) is 18.0 Å². The monoisotopic (exact) mass is 494 g/mol. The number of carbonyl (C=O) groups is 2. The lowest BCUT2D eigenvalue weighted by Gasteiger charge is -2.34. The number of amides is 3. The molecule has 0 spiro atoms. The molecule has 10 heteroatoms. The van der Waals surface area contributed by atoms with Crippen molar-refractivity contribution in [1.29, 1.82) is 0 Å². The van der Waals surface area contributed by atoms with Crippen molar-refractivity contribution >= 4 is 43.6 Å². The summed E-state index contributed by atoms with van der Waals surface area (Å²) in [5, 5.41) is 5.22. The topological polar surface area (TPSA) is 98.8 Å². The molecule has 2 aromatic rings. The van der Waals surface area contributed by atoms with Crippen molar-refractivity contribution in [3.05, 3.63) is 58.6 Å². The van der Waals surface area contributed by atoms with Crippen LogP contribution >= 0.6 is 15.9 Å². The summed E-state index contributed by atoms with van der Waals surface area (Å²) in [6, 6.07) is 13.4. The first-order valence-electron chi connectivity index (χ1n) is 9.41. The Morgan fingerprint density at radius 2 is 1.73 bits per heavy atom. The summed E-state index contributed by atoms with van der Waals surface area (Å²) in [4.78, 5) is 26.2. The van der Waals surface area contributed by atoms with E-state index >= 15 is 0 Å². The van der Waals surface area contributed by atoms with Crippen LogP contribution in [0.4, 0.5) is 10.5 Å². The lowest BCUT2D eigenvalue weighted by atomic mass is 10.2. The number of hydrogen-bond acceptors (Lipinski definition) is 4. The van der Waals surface area contributed by atoms with Gasteiger partial charge in [-0.05, 0) is 42.8 Å². The van der Waals surface area contributed by atoms with Crippen molar-refractivity contribution < 1.29 is 18.0 Å². The summed E-state index contributed by atoms with van der Waals surface area (Å²) in [7, 11) is -3.61. The highest BCUT2D eigenvalue weighted by molar-refractivity contribution is 9.10. The molecule has 2 N–H and O–H groups in total. The van der Waals surface area contributed by atoms with Crippen molar-refractivity contribution in [2.45, 2.75) is 11.8 Å². The molecule has 30 heavy (non-hydrogen) atoms. The number of aryl methyl sites for hydroxylation is 1. The number of benzene rings is 2. The van der Waals surface area contributed by atoms with Gasteiger partial charge in [-0.2, -0.15) is 4.31 Å². The Hall–Kier alpha value is -2.43. The molecule has 3 rings (SSSR count). The van der Waals surface area contributed by atoms with E-state index in [1.807, 2.05) is 25.1 Å². The normalized spacial score (nSPS) is 14.9. The lowest BCUT2D eigenvalue weighted by molar-refractivity contribution is -0.131. The molecular weight excluding hydrogens is 472 g/mol. The number of urea groups is 1. The second-order valence-electron chi connectivity index (χ2n) is 6.92. The highest BCUT2D eigenvalue weighted by Gasteiger charge is 2.30.